The summed E-state index contributed by atoms with van der Waals surface area (Å²) in [6.45, 7) is 0.405. The third-order valence-electron chi connectivity index (χ3n) is 3.67. The molecule has 0 heterocycles. The number of benzene rings is 1. The first-order valence-corrected chi connectivity index (χ1v) is 6.66. The summed E-state index contributed by atoms with van der Waals surface area (Å²) in [5.74, 6) is -0.697. The van der Waals surface area contributed by atoms with Crippen LogP contribution in [0.25, 0.3) is 0 Å². The van der Waals surface area contributed by atoms with Gasteiger partial charge in [-0.15, -0.1) is 0 Å². The van der Waals surface area contributed by atoms with Gasteiger partial charge in [-0.05, 0) is 24.1 Å². The zero-order valence-corrected chi connectivity index (χ0v) is 12.3. The maximum absolute atomic E-state index is 12.1. The van der Waals surface area contributed by atoms with Gasteiger partial charge in [-0.3, -0.25) is 9.59 Å². The number of hydrogen-bond donors (Lipinski definition) is 1. The molecule has 1 aromatic carbocycles. The van der Waals surface area contributed by atoms with Crippen molar-refractivity contribution in [2.45, 2.75) is 13.0 Å². The lowest BCUT2D eigenvalue weighted by Gasteiger charge is -2.18. The maximum Gasteiger partial charge on any atom is 0.307 e. The first kappa shape index (κ1) is 15.2. The van der Waals surface area contributed by atoms with Crippen LogP contribution in [0.5, 0.6) is 11.5 Å². The van der Waals surface area contributed by atoms with E-state index in [2.05, 4.69) is 0 Å². The van der Waals surface area contributed by atoms with Gasteiger partial charge in [-0.1, -0.05) is 6.07 Å². The maximum atomic E-state index is 12.1. The van der Waals surface area contributed by atoms with Crippen molar-refractivity contribution in [1.29, 1.82) is 0 Å². The summed E-state index contributed by atoms with van der Waals surface area (Å²) in [5.41, 5.74) is 0.899. The lowest BCUT2D eigenvalue weighted by atomic mass is 10.1. The van der Waals surface area contributed by atoms with Crippen LogP contribution in [0, 0.1) is 11.8 Å². The van der Waals surface area contributed by atoms with Gasteiger partial charge in [0.15, 0.2) is 11.5 Å². The lowest BCUT2D eigenvalue weighted by Crippen LogP contribution is -2.28. The number of hydrogen-bond acceptors (Lipinski definition) is 4. The second-order valence-corrected chi connectivity index (χ2v) is 5.17. The summed E-state index contributed by atoms with van der Waals surface area (Å²) in [5, 5.41) is 8.87. The highest BCUT2D eigenvalue weighted by Crippen LogP contribution is 2.40. The Labute approximate surface area is 123 Å². The third-order valence-corrected chi connectivity index (χ3v) is 3.67. The Balaban J connectivity index is 2.01. The SMILES string of the molecule is COc1ccc(CN(C)C(=O)C2CC2C(=O)O)cc1OC. The van der Waals surface area contributed by atoms with Crippen molar-refractivity contribution in [3.05, 3.63) is 23.8 Å². The molecule has 2 atom stereocenters. The molecular formula is C15H19NO5. The van der Waals surface area contributed by atoms with Gasteiger partial charge in [-0.2, -0.15) is 0 Å². The normalized spacial score (nSPS) is 19.8. The van der Waals surface area contributed by atoms with E-state index in [4.69, 9.17) is 14.6 Å². The molecule has 6 heteroatoms. The molecule has 6 nitrogen and oxygen atoms in total. The van der Waals surface area contributed by atoms with E-state index in [1.165, 1.54) is 0 Å². The van der Waals surface area contributed by atoms with E-state index in [-0.39, 0.29) is 11.8 Å². The standard InChI is InChI=1S/C15H19NO5/c1-16(14(17)10-7-11(10)15(18)19)8-9-4-5-12(20-2)13(6-9)21-3/h4-6,10-11H,7-8H2,1-3H3,(H,18,19). The largest absolute Gasteiger partial charge is 0.493 e. The van der Waals surface area contributed by atoms with E-state index >= 15 is 0 Å². The van der Waals surface area contributed by atoms with Crippen molar-refractivity contribution in [1.82, 2.24) is 4.90 Å². The summed E-state index contributed by atoms with van der Waals surface area (Å²) in [7, 11) is 4.79. The van der Waals surface area contributed by atoms with Crippen molar-refractivity contribution in [2.75, 3.05) is 21.3 Å². The van der Waals surface area contributed by atoms with Crippen molar-refractivity contribution < 1.29 is 24.2 Å². The molecule has 0 aromatic heterocycles. The number of rotatable bonds is 6. The molecule has 1 aliphatic carbocycles. The van der Waals surface area contributed by atoms with Crippen LogP contribution in [-0.2, 0) is 16.1 Å². The lowest BCUT2D eigenvalue weighted by molar-refractivity contribution is -0.141. The van der Waals surface area contributed by atoms with Crippen LogP contribution in [0.4, 0.5) is 0 Å². The number of methoxy groups -OCH3 is 2. The van der Waals surface area contributed by atoms with Crippen molar-refractivity contribution in [3.8, 4) is 11.5 Å². The second kappa shape index (κ2) is 6.03. The highest BCUT2D eigenvalue weighted by molar-refractivity contribution is 5.89. The van der Waals surface area contributed by atoms with Crippen LogP contribution in [0.15, 0.2) is 18.2 Å². The Hall–Kier alpha value is -2.24. The van der Waals surface area contributed by atoms with Gasteiger partial charge in [-0.25, -0.2) is 0 Å². The van der Waals surface area contributed by atoms with Crippen LogP contribution < -0.4 is 9.47 Å². The smallest absolute Gasteiger partial charge is 0.307 e. The van der Waals surface area contributed by atoms with Crippen LogP contribution >= 0.6 is 0 Å². The molecular weight excluding hydrogens is 274 g/mol. The molecule has 2 unspecified atom stereocenters. The highest BCUT2D eigenvalue weighted by atomic mass is 16.5. The number of carboxylic acid groups (broad SMARTS) is 1. The topological polar surface area (TPSA) is 76.1 Å². The van der Waals surface area contributed by atoms with Gasteiger partial charge < -0.3 is 19.5 Å². The predicted molar refractivity (Wildman–Crippen MR) is 75.3 cm³/mol. The number of carbonyl (C=O) groups excluding carboxylic acids is 1. The summed E-state index contributed by atoms with van der Waals surface area (Å²) in [6, 6.07) is 5.45. The summed E-state index contributed by atoms with van der Waals surface area (Å²) in [4.78, 5) is 24.5. The monoisotopic (exact) mass is 293 g/mol. The number of carbonyl (C=O) groups is 2. The average molecular weight is 293 g/mol. The fraction of sp³-hybridized carbons (Fsp3) is 0.467. The van der Waals surface area contributed by atoms with Gasteiger partial charge in [0.1, 0.15) is 0 Å². The Morgan fingerprint density at radius 2 is 1.90 bits per heavy atom. The third kappa shape index (κ3) is 3.26. The molecule has 0 aliphatic heterocycles. The number of amides is 1. The second-order valence-electron chi connectivity index (χ2n) is 5.17. The van der Waals surface area contributed by atoms with Crippen molar-refractivity contribution in [3.63, 3.8) is 0 Å². The minimum absolute atomic E-state index is 0.128. The zero-order chi connectivity index (χ0) is 15.6. The van der Waals surface area contributed by atoms with E-state index < -0.39 is 11.9 Å². The first-order valence-electron chi connectivity index (χ1n) is 6.66. The Morgan fingerprint density at radius 3 is 2.43 bits per heavy atom. The first-order chi connectivity index (χ1) is 9.97. The molecule has 0 saturated heterocycles. The average Bonchev–Trinajstić information content (AvgIpc) is 3.26. The van der Waals surface area contributed by atoms with E-state index in [9.17, 15) is 9.59 Å². The van der Waals surface area contributed by atoms with E-state index in [1.54, 1.807) is 32.2 Å². The number of ether oxygens (including phenoxy) is 2. The summed E-state index contributed by atoms with van der Waals surface area (Å²) in [6.07, 6.45) is 0.435. The van der Waals surface area contributed by atoms with Crippen LogP contribution in [-0.4, -0.2) is 43.2 Å². The minimum atomic E-state index is -0.895. The molecule has 114 valence electrons. The molecule has 1 aromatic rings. The Morgan fingerprint density at radius 1 is 1.24 bits per heavy atom. The molecule has 0 spiro atoms. The molecule has 21 heavy (non-hydrogen) atoms. The van der Waals surface area contributed by atoms with E-state index in [1.807, 2.05) is 12.1 Å². The number of nitrogens with zero attached hydrogens (tertiary/aromatic N) is 1. The van der Waals surface area contributed by atoms with Crippen LogP contribution in [0.1, 0.15) is 12.0 Å². The highest BCUT2D eigenvalue weighted by Gasteiger charge is 2.49. The molecule has 0 bridgehead atoms. The van der Waals surface area contributed by atoms with Crippen LogP contribution in [0.3, 0.4) is 0 Å². The molecule has 1 fully saturated rings. The summed E-state index contributed by atoms with van der Waals surface area (Å²) >= 11 is 0. The summed E-state index contributed by atoms with van der Waals surface area (Å²) < 4.78 is 10.4. The number of aliphatic carboxylic acids is 1. The molecule has 2 rings (SSSR count). The van der Waals surface area contributed by atoms with Crippen molar-refractivity contribution >= 4 is 11.9 Å². The minimum Gasteiger partial charge on any atom is -0.493 e. The fourth-order valence-corrected chi connectivity index (χ4v) is 2.35. The van der Waals surface area contributed by atoms with Gasteiger partial charge in [0.25, 0.3) is 0 Å². The Kier molecular flexibility index (Phi) is 4.35. The van der Waals surface area contributed by atoms with Crippen molar-refractivity contribution in [2.24, 2.45) is 11.8 Å². The Bertz CT molecular complexity index is 557. The molecule has 0 radical (unpaired) electrons. The van der Waals surface area contributed by atoms with E-state index in [0.29, 0.717) is 24.5 Å². The number of carboxylic acids is 1. The van der Waals surface area contributed by atoms with E-state index in [0.717, 1.165) is 5.56 Å². The van der Waals surface area contributed by atoms with Gasteiger partial charge in [0.2, 0.25) is 5.91 Å². The zero-order valence-electron chi connectivity index (χ0n) is 12.3. The molecule has 1 saturated carbocycles. The van der Waals surface area contributed by atoms with Gasteiger partial charge >= 0.3 is 5.97 Å². The van der Waals surface area contributed by atoms with Gasteiger partial charge in [0.05, 0.1) is 26.1 Å². The quantitative estimate of drug-likeness (QED) is 0.857. The van der Waals surface area contributed by atoms with Gasteiger partial charge in [0, 0.05) is 13.6 Å². The molecule has 1 N–H and O–H groups in total. The molecule has 1 aliphatic rings. The van der Waals surface area contributed by atoms with Crippen LogP contribution in [0.2, 0.25) is 0 Å². The molecule has 1 amide bonds. The fourth-order valence-electron chi connectivity index (χ4n) is 2.35. The predicted octanol–water partition coefficient (Wildman–Crippen LogP) is 1.38.